The van der Waals surface area contributed by atoms with E-state index in [-0.39, 0.29) is 11.5 Å². The zero-order chi connectivity index (χ0) is 21.8. The minimum absolute atomic E-state index is 0.218. The molecule has 0 atom stereocenters. The van der Waals surface area contributed by atoms with Crippen LogP contribution in [-0.2, 0) is 16.2 Å². The monoisotopic (exact) mass is 435 g/mol. The topological polar surface area (TPSA) is 96.0 Å². The van der Waals surface area contributed by atoms with E-state index in [1.807, 2.05) is 0 Å². The van der Waals surface area contributed by atoms with E-state index in [4.69, 9.17) is 0 Å². The third kappa shape index (κ3) is 5.70. The highest BCUT2D eigenvalue weighted by Gasteiger charge is 2.30. The molecule has 0 saturated heterocycles. The first-order valence-corrected chi connectivity index (χ1v) is 9.98. The number of anilines is 5. The molecule has 0 aliphatic rings. The van der Waals surface area contributed by atoms with Gasteiger partial charge in [0.05, 0.1) is 11.3 Å². The summed E-state index contributed by atoms with van der Waals surface area (Å²) < 4.78 is 64.1. The second-order valence-corrected chi connectivity index (χ2v) is 7.64. The minimum atomic E-state index is -4.45. The molecule has 3 aromatic rings. The number of nitrogens with one attached hydrogen (secondary N) is 3. The van der Waals surface area contributed by atoms with Gasteiger partial charge in [0.15, 0.2) is 0 Å². The van der Waals surface area contributed by atoms with E-state index in [2.05, 4.69) is 31.9 Å². The average Bonchev–Trinajstić information content (AvgIpc) is 2.68. The molecule has 0 radical (unpaired) electrons. The molecule has 0 fully saturated rings. The lowest BCUT2D eigenvalue weighted by Crippen LogP contribution is -2.08. The Balaban J connectivity index is 1.76. The van der Waals surface area contributed by atoms with Gasteiger partial charge in [0.25, 0.3) is 10.0 Å². The molecule has 0 spiro atoms. The van der Waals surface area contributed by atoms with Crippen LogP contribution >= 0.6 is 0 Å². The Morgan fingerprint density at radius 1 is 0.867 bits per heavy atom. The van der Waals surface area contributed by atoms with Gasteiger partial charge in [-0.05, 0) is 36.4 Å². The second kappa shape index (κ2) is 8.41. The molecule has 7 nitrogen and oxygen atoms in total. The van der Waals surface area contributed by atoms with Gasteiger partial charge < -0.3 is 10.6 Å². The largest absolute Gasteiger partial charge is 0.416 e. The molecule has 1 aromatic heterocycles. The zero-order valence-electron chi connectivity index (χ0n) is 15.3. The van der Waals surface area contributed by atoms with Crippen LogP contribution in [-0.4, -0.2) is 18.4 Å². The molecular weight excluding hydrogens is 419 g/mol. The maximum absolute atomic E-state index is 12.9. The Labute approximate surface area is 170 Å². The van der Waals surface area contributed by atoms with Crippen molar-refractivity contribution < 1.29 is 21.6 Å². The van der Waals surface area contributed by atoms with E-state index in [0.717, 1.165) is 17.5 Å². The Morgan fingerprint density at radius 2 is 1.43 bits per heavy atom. The highest BCUT2D eigenvalue weighted by Crippen LogP contribution is 2.31. The quantitative estimate of drug-likeness (QED) is 0.490. The first-order valence-electron chi connectivity index (χ1n) is 8.43. The first-order chi connectivity index (χ1) is 14.1. The van der Waals surface area contributed by atoms with Crippen molar-refractivity contribution >= 4 is 38.7 Å². The van der Waals surface area contributed by atoms with Crippen LogP contribution in [0.2, 0.25) is 0 Å². The van der Waals surface area contributed by atoms with E-state index < -0.39 is 21.8 Å². The van der Waals surface area contributed by atoms with Crippen LogP contribution < -0.4 is 15.4 Å². The highest BCUT2D eigenvalue weighted by atomic mass is 32.2. The van der Waals surface area contributed by atoms with E-state index in [9.17, 15) is 21.6 Å². The summed E-state index contributed by atoms with van der Waals surface area (Å²) in [6.45, 7) is 3.23. The van der Waals surface area contributed by atoms with Crippen LogP contribution in [0.15, 0.2) is 72.9 Å². The first kappa shape index (κ1) is 21.1. The number of aromatic nitrogens is 2. The Hall–Kier alpha value is -3.60. The fraction of sp³-hybridized carbons (Fsp3) is 0.0526. The molecule has 0 aliphatic carbocycles. The summed E-state index contributed by atoms with van der Waals surface area (Å²) in [6, 6.07) is 12.7. The molecule has 2 aromatic carbocycles. The summed E-state index contributed by atoms with van der Waals surface area (Å²) in [5.41, 5.74) is 0.285. The summed E-state index contributed by atoms with van der Waals surface area (Å²) in [6.07, 6.45) is -3.21. The van der Waals surface area contributed by atoms with Gasteiger partial charge in [-0.15, -0.1) is 0 Å². The number of nitrogens with zero attached hydrogens (tertiary/aromatic N) is 2. The normalized spacial score (nSPS) is 11.6. The molecule has 3 rings (SSSR count). The van der Waals surface area contributed by atoms with Crippen LogP contribution in [0, 0.1) is 0 Å². The van der Waals surface area contributed by atoms with Crippen molar-refractivity contribution in [1.29, 1.82) is 0 Å². The number of benzene rings is 2. The van der Waals surface area contributed by atoms with Crippen LogP contribution in [0.5, 0.6) is 0 Å². The van der Waals surface area contributed by atoms with E-state index in [1.54, 1.807) is 24.3 Å². The van der Waals surface area contributed by atoms with Crippen LogP contribution in [0.3, 0.4) is 0 Å². The van der Waals surface area contributed by atoms with Crippen LogP contribution in [0.1, 0.15) is 5.56 Å². The van der Waals surface area contributed by atoms with Gasteiger partial charge in [-0.3, -0.25) is 4.72 Å². The fourth-order valence-electron chi connectivity index (χ4n) is 2.43. The van der Waals surface area contributed by atoms with Gasteiger partial charge in [0.2, 0.25) is 0 Å². The van der Waals surface area contributed by atoms with Crippen molar-refractivity contribution in [3.05, 3.63) is 78.5 Å². The molecule has 0 unspecified atom stereocenters. The van der Waals surface area contributed by atoms with Gasteiger partial charge in [0.1, 0.15) is 18.0 Å². The molecule has 0 aliphatic heterocycles. The lowest BCUT2D eigenvalue weighted by molar-refractivity contribution is -0.137. The zero-order valence-corrected chi connectivity index (χ0v) is 16.1. The SMILES string of the molecule is C=CS(=O)(=O)Nc1cccc(Nc2cc(Nc3cccc(C(F)(F)F)c3)ncn2)c1. The smallest absolute Gasteiger partial charge is 0.340 e. The number of hydrogen-bond donors (Lipinski definition) is 3. The number of hydrogen-bond acceptors (Lipinski definition) is 6. The lowest BCUT2D eigenvalue weighted by Gasteiger charge is -2.12. The molecular formula is C19H16F3N5O2S. The predicted octanol–water partition coefficient (Wildman–Crippen LogP) is 4.87. The van der Waals surface area contributed by atoms with Gasteiger partial charge >= 0.3 is 6.18 Å². The summed E-state index contributed by atoms with van der Waals surface area (Å²) in [7, 11) is -3.65. The Morgan fingerprint density at radius 3 is 2.03 bits per heavy atom. The molecule has 3 N–H and O–H groups in total. The summed E-state index contributed by atoms with van der Waals surface area (Å²) >= 11 is 0. The van der Waals surface area contributed by atoms with Crippen molar-refractivity contribution in [2.24, 2.45) is 0 Å². The van der Waals surface area contributed by atoms with Gasteiger partial charge in [-0.25, -0.2) is 18.4 Å². The maximum Gasteiger partial charge on any atom is 0.416 e. The molecule has 1 heterocycles. The van der Waals surface area contributed by atoms with Crippen molar-refractivity contribution in [3.63, 3.8) is 0 Å². The second-order valence-electron chi connectivity index (χ2n) is 6.01. The third-order valence-electron chi connectivity index (χ3n) is 3.74. The maximum atomic E-state index is 12.9. The molecule has 11 heteroatoms. The number of sulfonamides is 1. The molecule has 0 saturated carbocycles. The highest BCUT2D eigenvalue weighted by molar-refractivity contribution is 7.95. The van der Waals surface area contributed by atoms with Crippen molar-refractivity contribution in [2.75, 3.05) is 15.4 Å². The predicted molar refractivity (Wildman–Crippen MR) is 109 cm³/mol. The van der Waals surface area contributed by atoms with E-state index in [0.29, 0.717) is 17.2 Å². The molecule has 30 heavy (non-hydrogen) atoms. The van der Waals surface area contributed by atoms with Crippen molar-refractivity contribution in [1.82, 2.24) is 9.97 Å². The Bertz CT molecular complexity index is 1170. The number of alkyl halides is 3. The van der Waals surface area contributed by atoms with Gasteiger partial charge in [0, 0.05) is 22.8 Å². The van der Waals surface area contributed by atoms with E-state index >= 15 is 0 Å². The number of rotatable bonds is 7. The number of halogens is 3. The van der Waals surface area contributed by atoms with Crippen molar-refractivity contribution in [3.8, 4) is 0 Å². The van der Waals surface area contributed by atoms with Crippen molar-refractivity contribution in [2.45, 2.75) is 6.18 Å². The van der Waals surface area contributed by atoms with Gasteiger partial charge in [-0.2, -0.15) is 13.2 Å². The Kier molecular flexibility index (Phi) is 5.92. The third-order valence-corrected chi connectivity index (χ3v) is 4.70. The summed E-state index contributed by atoms with van der Waals surface area (Å²) in [4.78, 5) is 8.06. The fourth-order valence-corrected chi connectivity index (χ4v) is 2.97. The molecule has 156 valence electrons. The van der Waals surface area contributed by atoms with Crippen LogP contribution in [0.25, 0.3) is 0 Å². The molecule has 0 bridgehead atoms. The minimum Gasteiger partial charge on any atom is -0.340 e. The summed E-state index contributed by atoms with van der Waals surface area (Å²) in [5, 5.41) is 6.57. The van der Waals surface area contributed by atoms with Crippen LogP contribution in [0.4, 0.5) is 41.9 Å². The average molecular weight is 435 g/mol. The van der Waals surface area contributed by atoms with Gasteiger partial charge in [-0.1, -0.05) is 18.7 Å². The lowest BCUT2D eigenvalue weighted by atomic mass is 10.2. The standard InChI is InChI=1S/C19H16F3N5O2S/c1-2-30(28,29)27-16-8-4-7-15(10-16)26-18-11-17(23-12-24-18)25-14-6-3-5-13(9-14)19(20,21)22/h2-12,27H,1H2,(H2,23,24,25,26). The molecule has 0 amide bonds. The van der Waals surface area contributed by atoms with E-state index in [1.165, 1.54) is 24.5 Å². The summed E-state index contributed by atoms with van der Waals surface area (Å²) in [5.74, 6) is 0.624.